The molecule has 9 nitrogen and oxygen atoms in total. The topological polar surface area (TPSA) is 115 Å². The predicted molar refractivity (Wildman–Crippen MR) is 116 cm³/mol. The standard InChI is InChI=1S/C19H19ClN4O5S2/c1-28-14-6-2-4-12(10-14)18-22-23-19(29-18)21-17(25)13-5-3-9-24(11-13)31(26,27)16-8-7-15(20)30-16/h2,4,6-8,10,13H,3,5,9,11H2,1H3,(H,21,23,25). The molecule has 0 radical (unpaired) electrons. The highest BCUT2D eigenvalue weighted by molar-refractivity contribution is 7.91. The summed E-state index contributed by atoms with van der Waals surface area (Å²) in [6.07, 6.45) is 1.12. The first kappa shape index (κ1) is 21.8. The maximum absolute atomic E-state index is 12.8. The molecule has 1 amide bonds. The number of anilines is 1. The summed E-state index contributed by atoms with van der Waals surface area (Å²) in [7, 11) is -2.14. The number of hydrogen-bond acceptors (Lipinski definition) is 8. The highest BCUT2D eigenvalue weighted by atomic mass is 35.5. The Morgan fingerprint density at radius 1 is 1.32 bits per heavy atom. The lowest BCUT2D eigenvalue weighted by Crippen LogP contribution is -2.43. The van der Waals surface area contributed by atoms with E-state index < -0.39 is 15.9 Å². The number of methoxy groups -OCH3 is 1. The molecule has 1 aromatic carbocycles. The summed E-state index contributed by atoms with van der Waals surface area (Å²) in [6.45, 7) is 0.419. The van der Waals surface area contributed by atoms with Crippen molar-refractivity contribution in [2.24, 2.45) is 5.92 Å². The molecular weight excluding hydrogens is 464 g/mol. The van der Waals surface area contributed by atoms with Crippen molar-refractivity contribution in [3.05, 3.63) is 40.7 Å². The third kappa shape index (κ3) is 4.74. The molecule has 0 aliphatic carbocycles. The van der Waals surface area contributed by atoms with Gasteiger partial charge in [-0.15, -0.1) is 16.4 Å². The van der Waals surface area contributed by atoms with Crippen LogP contribution < -0.4 is 10.1 Å². The SMILES string of the molecule is COc1cccc(-c2nnc(NC(=O)C3CCCN(S(=O)(=O)c4ccc(Cl)s4)C3)o2)c1. The Bertz CT molecular complexity index is 1190. The predicted octanol–water partition coefficient (Wildman–Crippen LogP) is 3.50. The lowest BCUT2D eigenvalue weighted by Gasteiger charge is -2.30. The molecule has 0 spiro atoms. The number of thiophene rings is 1. The minimum absolute atomic E-state index is 0.0483. The van der Waals surface area contributed by atoms with Crippen molar-refractivity contribution < 1.29 is 22.4 Å². The summed E-state index contributed by atoms with van der Waals surface area (Å²) >= 11 is 6.88. The zero-order valence-electron chi connectivity index (χ0n) is 16.4. The fourth-order valence-corrected chi connectivity index (χ4v) is 6.45. The number of hydrogen-bond donors (Lipinski definition) is 1. The number of aromatic nitrogens is 2. The van der Waals surface area contributed by atoms with E-state index in [4.69, 9.17) is 20.8 Å². The molecule has 3 aromatic rings. The van der Waals surface area contributed by atoms with Crippen molar-refractivity contribution in [1.82, 2.24) is 14.5 Å². The van der Waals surface area contributed by atoms with Gasteiger partial charge in [-0.05, 0) is 43.2 Å². The third-order valence-electron chi connectivity index (χ3n) is 4.87. The Kier molecular flexibility index (Phi) is 6.28. The highest BCUT2D eigenvalue weighted by Gasteiger charge is 2.34. The molecule has 4 rings (SSSR count). The van der Waals surface area contributed by atoms with Gasteiger partial charge in [-0.2, -0.15) is 4.31 Å². The number of rotatable bonds is 6. The summed E-state index contributed by atoms with van der Waals surface area (Å²) in [5.41, 5.74) is 0.650. The number of halogens is 1. The molecule has 31 heavy (non-hydrogen) atoms. The van der Waals surface area contributed by atoms with Crippen LogP contribution in [-0.2, 0) is 14.8 Å². The van der Waals surface area contributed by atoms with Gasteiger partial charge in [0, 0.05) is 18.7 Å². The van der Waals surface area contributed by atoms with E-state index >= 15 is 0 Å². The van der Waals surface area contributed by atoms with Gasteiger partial charge in [-0.25, -0.2) is 8.42 Å². The van der Waals surface area contributed by atoms with Crippen LogP contribution in [0.4, 0.5) is 6.01 Å². The summed E-state index contributed by atoms with van der Waals surface area (Å²) in [5, 5.41) is 10.4. The summed E-state index contributed by atoms with van der Waals surface area (Å²) in [5.74, 6) is -0.0375. The van der Waals surface area contributed by atoms with Crippen LogP contribution in [0.15, 0.2) is 45.0 Å². The maximum atomic E-state index is 12.8. The molecule has 1 unspecified atom stereocenters. The molecule has 1 N–H and O–H groups in total. The van der Waals surface area contributed by atoms with E-state index in [1.165, 1.54) is 10.4 Å². The lowest BCUT2D eigenvalue weighted by atomic mass is 9.99. The fraction of sp³-hybridized carbons (Fsp3) is 0.316. The first-order chi connectivity index (χ1) is 14.9. The van der Waals surface area contributed by atoms with Crippen molar-refractivity contribution >= 4 is 44.9 Å². The van der Waals surface area contributed by atoms with Gasteiger partial charge in [0.15, 0.2) is 0 Å². The van der Waals surface area contributed by atoms with Crippen molar-refractivity contribution in [3.8, 4) is 17.2 Å². The van der Waals surface area contributed by atoms with Crippen LogP contribution in [-0.4, -0.2) is 49.0 Å². The normalized spacial score (nSPS) is 17.4. The molecule has 1 fully saturated rings. The first-order valence-corrected chi connectivity index (χ1v) is 12.0. The van der Waals surface area contributed by atoms with Crippen LogP contribution in [0.3, 0.4) is 0 Å². The molecular formula is C19H19ClN4O5S2. The molecule has 0 saturated carbocycles. The zero-order chi connectivity index (χ0) is 22.0. The van der Waals surface area contributed by atoms with E-state index in [1.54, 1.807) is 37.4 Å². The van der Waals surface area contributed by atoms with E-state index in [0.717, 1.165) is 11.3 Å². The third-order valence-corrected chi connectivity index (χ3v) is 8.43. The van der Waals surface area contributed by atoms with Crippen molar-refractivity contribution in [1.29, 1.82) is 0 Å². The average Bonchev–Trinajstić information content (AvgIpc) is 3.43. The van der Waals surface area contributed by atoms with Gasteiger partial charge in [0.05, 0.1) is 17.4 Å². The number of nitrogens with zero attached hydrogens (tertiary/aromatic N) is 3. The van der Waals surface area contributed by atoms with E-state index in [0.29, 0.717) is 35.0 Å². The maximum Gasteiger partial charge on any atom is 0.322 e. The number of sulfonamides is 1. The Labute approximate surface area is 188 Å². The quantitative estimate of drug-likeness (QED) is 0.571. The molecule has 1 aliphatic heterocycles. The molecule has 12 heteroatoms. The number of carbonyl (C=O) groups is 1. The Balaban J connectivity index is 1.43. The van der Waals surface area contributed by atoms with Crippen molar-refractivity contribution in [3.63, 3.8) is 0 Å². The number of nitrogens with one attached hydrogen (secondary N) is 1. The summed E-state index contributed by atoms with van der Waals surface area (Å²) < 4.78 is 38.3. The second kappa shape index (κ2) is 8.95. The van der Waals surface area contributed by atoms with Gasteiger partial charge in [-0.1, -0.05) is 22.8 Å². The molecule has 1 saturated heterocycles. The second-order valence-electron chi connectivity index (χ2n) is 6.89. The van der Waals surface area contributed by atoms with E-state index in [1.807, 2.05) is 0 Å². The second-order valence-corrected chi connectivity index (χ2v) is 10.8. The van der Waals surface area contributed by atoms with Gasteiger partial charge in [0.1, 0.15) is 9.96 Å². The summed E-state index contributed by atoms with van der Waals surface area (Å²) in [6, 6.07) is 10.1. The van der Waals surface area contributed by atoms with Crippen molar-refractivity contribution in [2.45, 2.75) is 17.1 Å². The Morgan fingerprint density at radius 2 is 2.16 bits per heavy atom. The van der Waals surface area contributed by atoms with Crippen LogP contribution in [0.5, 0.6) is 5.75 Å². The number of benzene rings is 1. The van der Waals surface area contributed by atoms with E-state index in [2.05, 4.69) is 15.5 Å². The monoisotopic (exact) mass is 482 g/mol. The van der Waals surface area contributed by atoms with Gasteiger partial charge in [0.25, 0.3) is 10.0 Å². The van der Waals surface area contributed by atoms with E-state index in [-0.39, 0.29) is 28.6 Å². The molecule has 1 atom stereocenters. The van der Waals surface area contributed by atoms with Gasteiger partial charge in [-0.3, -0.25) is 10.1 Å². The highest BCUT2D eigenvalue weighted by Crippen LogP contribution is 2.31. The smallest absolute Gasteiger partial charge is 0.322 e. The molecule has 164 valence electrons. The van der Waals surface area contributed by atoms with Crippen LogP contribution in [0, 0.1) is 5.92 Å². The number of amides is 1. The van der Waals surface area contributed by atoms with Crippen molar-refractivity contribution in [2.75, 3.05) is 25.5 Å². The Hall–Kier alpha value is -2.47. The Morgan fingerprint density at radius 3 is 2.90 bits per heavy atom. The van der Waals surface area contributed by atoms with Crippen LogP contribution in [0.25, 0.3) is 11.5 Å². The molecule has 0 bridgehead atoms. The molecule has 2 aromatic heterocycles. The zero-order valence-corrected chi connectivity index (χ0v) is 18.8. The minimum atomic E-state index is -3.69. The van der Waals surface area contributed by atoms with Gasteiger partial charge in [0.2, 0.25) is 11.8 Å². The van der Waals surface area contributed by atoms with Crippen LogP contribution >= 0.6 is 22.9 Å². The lowest BCUT2D eigenvalue weighted by molar-refractivity contribution is -0.121. The first-order valence-electron chi connectivity index (χ1n) is 9.41. The minimum Gasteiger partial charge on any atom is -0.497 e. The number of ether oxygens (including phenoxy) is 1. The number of carbonyl (C=O) groups excluding carboxylic acids is 1. The average molecular weight is 483 g/mol. The largest absolute Gasteiger partial charge is 0.497 e. The number of piperidine rings is 1. The van der Waals surface area contributed by atoms with Crippen LogP contribution in [0.1, 0.15) is 12.8 Å². The molecule has 1 aliphatic rings. The molecule has 3 heterocycles. The van der Waals surface area contributed by atoms with Gasteiger partial charge >= 0.3 is 6.01 Å². The van der Waals surface area contributed by atoms with Gasteiger partial charge < -0.3 is 9.15 Å². The summed E-state index contributed by atoms with van der Waals surface area (Å²) in [4.78, 5) is 12.7. The van der Waals surface area contributed by atoms with Crippen LogP contribution in [0.2, 0.25) is 4.34 Å². The van der Waals surface area contributed by atoms with E-state index in [9.17, 15) is 13.2 Å². The fourth-order valence-electron chi connectivity index (χ4n) is 3.29.